The van der Waals surface area contributed by atoms with E-state index in [9.17, 15) is 18.0 Å². The molecule has 0 saturated heterocycles. The number of hydrogen-bond acceptors (Lipinski definition) is 4. The van der Waals surface area contributed by atoms with Gasteiger partial charge in [-0.05, 0) is 29.7 Å². The van der Waals surface area contributed by atoms with Gasteiger partial charge in [-0.1, -0.05) is 20.8 Å². The summed E-state index contributed by atoms with van der Waals surface area (Å²) in [6.45, 7) is 6.26. The molecule has 0 saturated carbocycles. The summed E-state index contributed by atoms with van der Waals surface area (Å²) in [5, 5.41) is 4.43. The number of hydrogen-bond donors (Lipinski definition) is 1. The summed E-state index contributed by atoms with van der Waals surface area (Å²) in [7, 11) is 0. The normalized spacial score (nSPS) is 13.3. The van der Waals surface area contributed by atoms with Crippen LogP contribution in [0.4, 0.5) is 18.9 Å². The second-order valence-corrected chi connectivity index (χ2v) is 7.51. The largest absolute Gasteiger partial charge is 0.434 e. The van der Waals surface area contributed by atoms with Crippen molar-refractivity contribution in [2.45, 2.75) is 39.3 Å². The zero-order valence-corrected chi connectivity index (χ0v) is 14.5. The third kappa shape index (κ3) is 4.32. The van der Waals surface area contributed by atoms with Crippen LogP contribution in [0.15, 0.2) is 17.0 Å². The van der Waals surface area contributed by atoms with Gasteiger partial charge in [-0.25, -0.2) is 4.98 Å². The van der Waals surface area contributed by atoms with E-state index in [2.05, 4.69) is 31.1 Å². The topological polar surface area (TPSA) is 42.0 Å². The van der Waals surface area contributed by atoms with Crippen LogP contribution in [0.25, 0.3) is 0 Å². The molecule has 0 aliphatic heterocycles. The summed E-state index contributed by atoms with van der Waals surface area (Å²) in [6.07, 6.45) is -3.69. The molecule has 0 radical (unpaired) electrons. The van der Waals surface area contributed by atoms with E-state index in [0.717, 1.165) is 16.8 Å². The first kappa shape index (κ1) is 17.9. The van der Waals surface area contributed by atoms with E-state index in [0.29, 0.717) is 22.9 Å². The molecule has 8 heteroatoms. The lowest BCUT2D eigenvalue weighted by molar-refractivity contribution is -0.141. The van der Waals surface area contributed by atoms with Crippen LogP contribution in [-0.4, -0.2) is 10.9 Å². The molecule has 126 valence electrons. The molecule has 0 aliphatic carbocycles. The van der Waals surface area contributed by atoms with Crippen molar-refractivity contribution < 1.29 is 18.0 Å². The van der Waals surface area contributed by atoms with Crippen LogP contribution in [0.1, 0.15) is 53.4 Å². The number of carbonyl (C=O) groups is 1. The van der Waals surface area contributed by atoms with E-state index in [1.54, 1.807) is 6.07 Å². The fraction of sp³-hybridized carbons (Fsp3) is 0.467. The quantitative estimate of drug-likeness (QED) is 0.749. The van der Waals surface area contributed by atoms with E-state index in [4.69, 9.17) is 0 Å². The standard InChI is InChI=1S/C15H17F3N2OS2/c1-8(2)6-9(3)11-10(4-5-22-11)20-14(21)12-13(15(16,17)18)19-7-23-12/h4-5,7-9H,6H2,1-3H3,(H,20,21). The number of halogens is 3. The molecule has 0 fully saturated rings. The van der Waals surface area contributed by atoms with E-state index >= 15 is 0 Å². The van der Waals surface area contributed by atoms with Crippen molar-refractivity contribution in [3.8, 4) is 0 Å². The number of rotatable bonds is 5. The van der Waals surface area contributed by atoms with Gasteiger partial charge in [0.2, 0.25) is 0 Å². The van der Waals surface area contributed by atoms with Gasteiger partial charge in [0.1, 0.15) is 4.88 Å². The van der Waals surface area contributed by atoms with Crippen LogP contribution in [0, 0.1) is 5.92 Å². The lowest BCUT2D eigenvalue weighted by atomic mass is 9.97. The minimum absolute atomic E-state index is 0.230. The smallest absolute Gasteiger partial charge is 0.320 e. The van der Waals surface area contributed by atoms with Crippen LogP contribution in [0.3, 0.4) is 0 Å². The second-order valence-electron chi connectivity index (χ2n) is 5.71. The van der Waals surface area contributed by atoms with Gasteiger partial charge in [0.15, 0.2) is 5.69 Å². The molecule has 0 bridgehead atoms. The number of alkyl halides is 3. The maximum absolute atomic E-state index is 12.8. The summed E-state index contributed by atoms with van der Waals surface area (Å²) in [6, 6.07) is 1.73. The fourth-order valence-electron chi connectivity index (χ4n) is 2.41. The Morgan fingerprint density at radius 3 is 2.61 bits per heavy atom. The van der Waals surface area contributed by atoms with E-state index in [-0.39, 0.29) is 5.92 Å². The summed E-state index contributed by atoms with van der Waals surface area (Å²) < 4.78 is 38.5. The first-order chi connectivity index (χ1) is 10.7. The molecule has 2 heterocycles. The highest BCUT2D eigenvalue weighted by Gasteiger charge is 2.38. The molecule has 1 unspecified atom stereocenters. The molecule has 3 nitrogen and oxygen atoms in total. The minimum Gasteiger partial charge on any atom is -0.320 e. The highest BCUT2D eigenvalue weighted by molar-refractivity contribution is 7.12. The van der Waals surface area contributed by atoms with Crippen molar-refractivity contribution in [1.29, 1.82) is 0 Å². The molecule has 0 aliphatic rings. The molecule has 1 atom stereocenters. The maximum atomic E-state index is 12.8. The summed E-state index contributed by atoms with van der Waals surface area (Å²) in [5.74, 6) is -0.0425. The number of nitrogens with zero attached hydrogens (tertiary/aromatic N) is 1. The Hall–Kier alpha value is -1.41. The number of aromatic nitrogens is 1. The van der Waals surface area contributed by atoms with Crippen molar-refractivity contribution in [2.75, 3.05) is 5.32 Å². The lowest BCUT2D eigenvalue weighted by Gasteiger charge is -2.15. The van der Waals surface area contributed by atoms with Crippen LogP contribution in [-0.2, 0) is 6.18 Å². The third-order valence-corrected chi connectivity index (χ3v) is 5.23. The molecule has 0 spiro atoms. The minimum atomic E-state index is -4.63. The zero-order valence-electron chi connectivity index (χ0n) is 12.9. The number of nitrogens with one attached hydrogen (secondary N) is 1. The first-order valence-electron chi connectivity index (χ1n) is 7.09. The average molecular weight is 362 g/mol. The highest BCUT2D eigenvalue weighted by atomic mass is 32.1. The van der Waals surface area contributed by atoms with Crippen molar-refractivity contribution in [3.05, 3.63) is 32.4 Å². The van der Waals surface area contributed by atoms with Crippen LogP contribution >= 0.6 is 22.7 Å². The van der Waals surface area contributed by atoms with Gasteiger partial charge in [0, 0.05) is 4.88 Å². The summed E-state index contributed by atoms with van der Waals surface area (Å²) in [5.41, 5.74) is 0.481. The number of thiophene rings is 1. The Morgan fingerprint density at radius 1 is 1.30 bits per heavy atom. The molecule has 2 aromatic rings. The SMILES string of the molecule is CC(C)CC(C)c1sccc1NC(=O)c1scnc1C(F)(F)F. The van der Waals surface area contributed by atoms with Crippen molar-refractivity contribution in [3.63, 3.8) is 0 Å². The van der Waals surface area contributed by atoms with Crippen LogP contribution < -0.4 is 5.32 Å². The van der Waals surface area contributed by atoms with Crippen molar-refractivity contribution in [1.82, 2.24) is 4.98 Å². The van der Waals surface area contributed by atoms with Crippen LogP contribution in [0.2, 0.25) is 0 Å². The van der Waals surface area contributed by atoms with Gasteiger partial charge in [-0.2, -0.15) is 13.2 Å². The number of amides is 1. The Labute approximate surface area is 140 Å². The van der Waals surface area contributed by atoms with Crippen molar-refractivity contribution in [2.24, 2.45) is 5.92 Å². The maximum Gasteiger partial charge on any atom is 0.434 e. The van der Waals surface area contributed by atoms with E-state index in [1.165, 1.54) is 11.3 Å². The lowest BCUT2D eigenvalue weighted by Crippen LogP contribution is -2.17. The van der Waals surface area contributed by atoms with Gasteiger partial charge in [0.05, 0.1) is 11.2 Å². The third-order valence-electron chi connectivity index (χ3n) is 3.26. The molecular formula is C15H17F3N2OS2. The van der Waals surface area contributed by atoms with E-state index < -0.39 is 22.7 Å². The number of anilines is 1. The molecule has 2 aromatic heterocycles. The van der Waals surface area contributed by atoms with E-state index in [1.807, 2.05) is 5.38 Å². The Kier molecular flexibility index (Phi) is 5.46. The second kappa shape index (κ2) is 7.00. The molecule has 0 aromatic carbocycles. The molecule has 23 heavy (non-hydrogen) atoms. The molecule has 1 N–H and O–H groups in total. The average Bonchev–Trinajstić information content (AvgIpc) is 3.05. The Balaban J connectivity index is 2.20. The zero-order chi connectivity index (χ0) is 17.2. The molecule has 1 amide bonds. The monoisotopic (exact) mass is 362 g/mol. The first-order valence-corrected chi connectivity index (χ1v) is 8.85. The fourth-order valence-corrected chi connectivity index (χ4v) is 4.04. The predicted octanol–water partition coefficient (Wildman–Crippen LogP) is 5.63. The number of thiazole rings is 1. The van der Waals surface area contributed by atoms with Crippen LogP contribution in [0.5, 0.6) is 0 Å². The number of carbonyl (C=O) groups excluding carboxylic acids is 1. The van der Waals surface area contributed by atoms with Crippen molar-refractivity contribution >= 4 is 34.3 Å². The van der Waals surface area contributed by atoms with Gasteiger partial charge in [0.25, 0.3) is 5.91 Å². The van der Waals surface area contributed by atoms with Gasteiger partial charge >= 0.3 is 6.18 Å². The summed E-state index contributed by atoms with van der Waals surface area (Å²) in [4.78, 5) is 16.0. The highest BCUT2D eigenvalue weighted by Crippen LogP contribution is 2.36. The summed E-state index contributed by atoms with van der Waals surface area (Å²) >= 11 is 2.19. The Morgan fingerprint density at radius 2 is 2.00 bits per heavy atom. The van der Waals surface area contributed by atoms with Gasteiger partial charge in [-0.15, -0.1) is 22.7 Å². The molecule has 2 rings (SSSR count). The van der Waals surface area contributed by atoms with Gasteiger partial charge < -0.3 is 5.32 Å². The predicted molar refractivity (Wildman–Crippen MR) is 87.3 cm³/mol. The van der Waals surface area contributed by atoms with Gasteiger partial charge in [-0.3, -0.25) is 4.79 Å². The molecular weight excluding hydrogens is 345 g/mol. The Bertz CT molecular complexity index is 676.